The summed E-state index contributed by atoms with van der Waals surface area (Å²) in [7, 11) is 0. The Morgan fingerprint density at radius 1 is 1.11 bits per heavy atom. The molecule has 0 aliphatic heterocycles. The van der Waals surface area contributed by atoms with E-state index >= 15 is 0 Å². The molecule has 2 N–H and O–H groups in total. The maximum atomic E-state index is 5.74. The average molecular weight is 273 g/mol. The lowest BCUT2D eigenvalue weighted by Crippen LogP contribution is -1.98. The highest BCUT2D eigenvalue weighted by Crippen LogP contribution is 2.24. The van der Waals surface area contributed by atoms with Crippen LogP contribution in [0.25, 0.3) is 0 Å². The van der Waals surface area contributed by atoms with Gasteiger partial charge in [0.1, 0.15) is 5.75 Å². The third kappa shape index (κ3) is 4.52. The zero-order valence-corrected chi connectivity index (χ0v) is 12.0. The topological polar surface area (TPSA) is 35.2 Å². The maximum absolute atomic E-state index is 5.74. The fourth-order valence-electron chi connectivity index (χ4n) is 1.78. The van der Waals surface area contributed by atoms with Gasteiger partial charge in [-0.2, -0.15) is 0 Å². The van der Waals surface area contributed by atoms with Crippen LogP contribution in [0, 0.1) is 6.92 Å². The number of para-hydroxylation sites is 1. The van der Waals surface area contributed by atoms with Crippen molar-refractivity contribution in [1.29, 1.82) is 0 Å². The Bertz CT molecular complexity index is 513. The van der Waals surface area contributed by atoms with Crippen LogP contribution in [-0.4, -0.2) is 12.4 Å². The SMILES string of the molecule is Cc1cc(N)ccc1SCCCOc1ccccc1. The zero-order valence-electron chi connectivity index (χ0n) is 11.1. The molecule has 0 aliphatic rings. The molecule has 2 aromatic rings. The molecular weight excluding hydrogens is 254 g/mol. The number of rotatable bonds is 6. The Hall–Kier alpha value is -1.61. The third-order valence-electron chi connectivity index (χ3n) is 2.76. The predicted molar refractivity (Wildman–Crippen MR) is 82.9 cm³/mol. The van der Waals surface area contributed by atoms with E-state index in [1.54, 1.807) is 0 Å². The van der Waals surface area contributed by atoms with Gasteiger partial charge in [0.25, 0.3) is 0 Å². The van der Waals surface area contributed by atoms with Gasteiger partial charge in [-0.1, -0.05) is 18.2 Å². The van der Waals surface area contributed by atoms with Crippen LogP contribution in [0.15, 0.2) is 53.4 Å². The number of nitrogens with two attached hydrogens (primary N) is 1. The highest BCUT2D eigenvalue weighted by Gasteiger charge is 2.00. The van der Waals surface area contributed by atoms with Crippen molar-refractivity contribution in [2.45, 2.75) is 18.2 Å². The van der Waals surface area contributed by atoms with E-state index in [0.717, 1.165) is 30.2 Å². The Kier molecular flexibility index (Phi) is 5.16. The monoisotopic (exact) mass is 273 g/mol. The molecule has 0 bridgehead atoms. The molecule has 2 nitrogen and oxygen atoms in total. The Morgan fingerprint density at radius 2 is 1.89 bits per heavy atom. The van der Waals surface area contributed by atoms with E-state index in [-0.39, 0.29) is 0 Å². The number of thioether (sulfide) groups is 1. The molecule has 0 aromatic heterocycles. The fourth-order valence-corrected chi connectivity index (χ4v) is 2.72. The number of nitrogen functional groups attached to an aromatic ring is 1. The number of hydrogen-bond acceptors (Lipinski definition) is 3. The lowest BCUT2D eigenvalue weighted by Gasteiger charge is -2.07. The molecule has 0 amide bonds. The normalized spacial score (nSPS) is 10.4. The van der Waals surface area contributed by atoms with Gasteiger partial charge in [0.05, 0.1) is 6.61 Å². The standard InChI is InChI=1S/C16H19NOS/c1-13-12-14(17)8-9-16(13)19-11-5-10-18-15-6-3-2-4-7-15/h2-4,6-9,12H,5,10-11,17H2,1H3. The van der Waals surface area contributed by atoms with Crippen molar-refractivity contribution >= 4 is 17.4 Å². The van der Waals surface area contributed by atoms with Crippen LogP contribution in [0.3, 0.4) is 0 Å². The first-order valence-corrected chi connectivity index (χ1v) is 7.41. The van der Waals surface area contributed by atoms with Gasteiger partial charge in [0.2, 0.25) is 0 Å². The molecule has 0 atom stereocenters. The highest BCUT2D eigenvalue weighted by molar-refractivity contribution is 7.99. The van der Waals surface area contributed by atoms with E-state index < -0.39 is 0 Å². The average Bonchev–Trinajstić information content (AvgIpc) is 2.42. The predicted octanol–water partition coefficient (Wildman–Crippen LogP) is 4.14. The first-order chi connectivity index (χ1) is 9.25. The molecule has 0 heterocycles. The molecule has 19 heavy (non-hydrogen) atoms. The quantitative estimate of drug-likeness (QED) is 0.488. The van der Waals surface area contributed by atoms with Gasteiger partial charge in [0, 0.05) is 16.3 Å². The summed E-state index contributed by atoms with van der Waals surface area (Å²) in [5.41, 5.74) is 7.81. The van der Waals surface area contributed by atoms with E-state index in [1.807, 2.05) is 54.2 Å². The fraction of sp³-hybridized carbons (Fsp3) is 0.250. The summed E-state index contributed by atoms with van der Waals surface area (Å²) in [6, 6.07) is 16.0. The first kappa shape index (κ1) is 13.8. The van der Waals surface area contributed by atoms with Gasteiger partial charge in [-0.25, -0.2) is 0 Å². The highest BCUT2D eigenvalue weighted by atomic mass is 32.2. The van der Waals surface area contributed by atoms with Crippen LogP contribution in [-0.2, 0) is 0 Å². The number of ether oxygens (including phenoxy) is 1. The number of benzene rings is 2. The molecule has 100 valence electrons. The number of anilines is 1. The Balaban J connectivity index is 1.69. The largest absolute Gasteiger partial charge is 0.494 e. The first-order valence-electron chi connectivity index (χ1n) is 6.42. The van der Waals surface area contributed by atoms with Crippen LogP contribution in [0.2, 0.25) is 0 Å². The third-order valence-corrected chi connectivity index (χ3v) is 4.02. The van der Waals surface area contributed by atoms with Crippen LogP contribution >= 0.6 is 11.8 Å². The molecule has 3 heteroatoms. The lowest BCUT2D eigenvalue weighted by atomic mass is 10.2. The molecule has 0 aliphatic carbocycles. The number of hydrogen-bond donors (Lipinski definition) is 1. The smallest absolute Gasteiger partial charge is 0.119 e. The molecule has 0 radical (unpaired) electrons. The molecule has 2 rings (SSSR count). The van der Waals surface area contributed by atoms with Crippen LogP contribution < -0.4 is 10.5 Å². The van der Waals surface area contributed by atoms with Crippen molar-refractivity contribution in [3.63, 3.8) is 0 Å². The van der Waals surface area contributed by atoms with Crippen LogP contribution in [0.5, 0.6) is 5.75 Å². The van der Waals surface area contributed by atoms with Gasteiger partial charge >= 0.3 is 0 Å². The summed E-state index contributed by atoms with van der Waals surface area (Å²) >= 11 is 1.86. The number of aryl methyl sites for hydroxylation is 1. The van der Waals surface area contributed by atoms with E-state index in [9.17, 15) is 0 Å². The summed E-state index contributed by atoms with van der Waals surface area (Å²) in [6.45, 7) is 2.85. The van der Waals surface area contributed by atoms with Gasteiger partial charge in [0.15, 0.2) is 0 Å². The molecule has 2 aromatic carbocycles. The molecule has 0 saturated carbocycles. The lowest BCUT2D eigenvalue weighted by molar-refractivity contribution is 0.318. The summed E-state index contributed by atoms with van der Waals surface area (Å²) in [6.07, 6.45) is 1.03. The van der Waals surface area contributed by atoms with Crippen molar-refractivity contribution in [1.82, 2.24) is 0 Å². The van der Waals surface area contributed by atoms with Gasteiger partial charge in [-0.3, -0.25) is 0 Å². The van der Waals surface area contributed by atoms with Crippen molar-refractivity contribution in [2.75, 3.05) is 18.1 Å². The minimum atomic E-state index is 0.755. The molecule has 0 unspecified atom stereocenters. The summed E-state index contributed by atoms with van der Waals surface area (Å²) in [5.74, 6) is 1.99. The zero-order chi connectivity index (χ0) is 13.5. The van der Waals surface area contributed by atoms with Gasteiger partial charge in [-0.05, 0) is 49.2 Å². The minimum absolute atomic E-state index is 0.755. The van der Waals surface area contributed by atoms with E-state index in [1.165, 1.54) is 10.5 Å². The van der Waals surface area contributed by atoms with E-state index in [4.69, 9.17) is 10.5 Å². The Labute approximate surface area is 119 Å². The molecule has 0 saturated heterocycles. The van der Waals surface area contributed by atoms with Crippen molar-refractivity contribution in [3.05, 3.63) is 54.1 Å². The van der Waals surface area contributed by atoms with Crippen molar-refractivity contribution in [3.8, 4) is 5.75 Å². The van der Waals surface area contributed by atoms with Gasteiger partial charge < -0.3 is 10.5 Å². The second-order valence-corrected chi connectivity index (χ2v) is 5.53. The Morgan fingerprint density at radius 3 is 2.63 bits per heavy atom. The van der Waals surface area contributed by atoms with Crippen molar-refractivity contribution in [2.24, 2.45) is 0 Å². The van der Waals surface area contributed by atoms with E-state index in [2.05, 4.69) is 13.0 Å². The summed E-state index contributed by atoms with van der Waals surface area (Å²) in [5, 5.41) is 0. The van der Waals surface area contributed by atoms with Crippen LogP contribution in [0.4, 0.5) is 5.69 Å². The summed E-state index contributed by atoms with van der Waals surface area (Å²) < 4.78 is 5.66. The summed E-state index contributed by atoms with van der Waals surface area (Å²) in [4.78, 5) is 1.30. The van der Waals surface area contributed by atoms with Crippen molar-refractivity contribution < 1.29 is 4.74 Å². The van der Waals surface area contributed by atoms with Crippen LogP contribution in [0.1, 0.15) is 12.0 Å². The second-order valence-electron chi connectivity index (χ2n) is 4.39. The molecule has 0 spiro atoms. The minimum Gasteiger partial charge on any atom is -0.494 e. The maximum Gasteiger partial charge on any atom is 0.119 e. The second kappa shape index (κ2) is 7.10. The molecule has 0 fully saturated rings. The molecular formula is C16H19NOS. The van der Waals surface area contributed by atoms with E-state index in [0.29, 0.717) is 0 Å². The van der Waals surface area contributed by atoms with Gasteiger partial charge in [-0.15, -0.1) is 11.8 Å².